The Hall–Kier alpha value is -0.540. The van der Waals surface area contributed by atoms with E-state index in [2.05, 4.69) is 44.0 Å². The Kier molecular flexibility index (Phi) is 4.80. The lowest BCUT2D eigenvalue weighted by Gasteiger charge is -2.13. The number of benzene rings is 1. The number of hydrogen-bond acceptors (Lipinski definition) is 2. The summed E-state index contributed by atoms with van der Waals surface area (Å²) in [4.78, 5) is 3.78. The molecule has 0 spiro atoms. The van der Waals surface area contributed by atoms with Crippen molar-refractivity contribution in [3.8, 4) is 0 Å². The first-order valence-electron chi connectivity index (χ1n) is 6.62. The summed E-state index contributed by atoms with van der Waals surface area (Å²) in [6, 6.07) is 4.22. The Morgan fingerprint density at radius 1 is 1.30 bits per heavy atom. The third-order valence-corrected chi connectivity index (χ3v) is 5.13. The SMILES string of the molecule is CC(C)=Cc1sc2ccc(Cl)c3c2c1CN(C)CC3.Cl. The van der Waals surface area contributed by atoms with E-state index >= 15 is 0 Å². The van der Waals surface area contributed by atoms with Crippen LogP contribution < -0.4 is 0 Å². The standard InChI is InChI=1S/C16H18ClNS.ClH/c1-10(2)8-15-12-9-18(3)7-6-11-13(17)4-5-14(19-15)16(11)12;/h4-5,8H,6-7,9H2,1-3H3;1H. The third kappa shape index (κ3) is 2.75. The number of rotatable bonds is 1. The van der Waals surface area contributed by atoms with Gasteiger partial charge in [-0.25, -0.2) is 0 Å². The van der Waals surface area contributed by atoms with Crippen LogP contribution in [0.5, 0.6) is 0 Å². The predicted molar refractivity (Wildman–Crippen MR) is 93.4 cm³/mol. The summed E-state index contributed by atoms with van der Waals surface area (Å²) < 4.78 is 1.37. The Morgan fingerprint density at radius 3 is 2.75 bits per heavy atom. The molecular formula is C16H19Cl2NS. The van der Waals surface area contributed by atoms with Crippen molar-refractivity contribution in [3.63, 3.8) is 0 Å². The Balaban J connectivity index is 0.00000147. The van der Waals surface area contributed by atoms with Gasteiger partial charge in [0.25, 0.3) is 0 Å². The molecule has 1 aliphatic heterocycles. The summed E-state index contributed by atoms with van der Waals surface area (Å²) in [5, 5.41) is 2.33. The maximum atomic E-state index is 6.42. The normalized spacial score (nSPS) is 14.8. The molecule has 1 aromatic heterocycles. The summed E-state index contributed by atoms with van der Waals surface area (Å²) in [6.45, 7) is 6.41. The lowest BCUT2D eigenvalue weighted by Crippen LogP contribution is -2.18. The molecule has 0 unspecified atom stereocenters. The molecule has 0 N–H and O–H groups in total. The molecule has 0 atom stereocenters. The van der Waals surface area contributed by atoms with Crippen LogP contribution in [-0.4, -0.2) is 18.5 Å². The molecule has 0 saturated carbocycles. The number of allylic oxidation sites excluding steroid dienone is 1. The quantitative estimate of drug-likeness (QED) is 0.678. The number of thiophene rings is 1. The number of halogens is 2. The zero-order chi connectivity index (χ0) is 13.6. The second kappa shape index (κ2) is 6.07. The average molecular weight is 328 g/mol. The molecule has 108 valence electrons. The van der Waals surface area contributed by atoms with Gasteiger partial charge in [-0.05, 0) is 56.7 Å². The fourth-order valence-corrected chi connectivity index (χ4v) is 4.31. The highest BCUT2D eigenvalue weighted by Gasteiger charge is 2.20. The smallest absolute Gasteiger partial charge is 0.0445 e. The fraction of sp³-hybridized carbons (Fsp3) is 0.375. The zero-order valence-corrected chi connectivity index (χ0v) is 14.4. The van der Waals surface area contributed by atoms with Crippen LogP contribution in [0.25, 0.3) is 16.2 Å². The second-order valence-electron chi connectivity index (χ2n) is 5.55. The summed E-state index contributed by atoms with van der Waals surface area (Å²) in [5.74, 6) is 0. The van der Waals surface area contributed by atoms with Crippen molar-refractivity contribution in [2.24, 2.45) is 0 Å². The third-order valence-electron chi connectivity index (χ3n) is 3.63. The molecule has 1 aliphatic rings. The highest BCUT2D eigenvalue weighted by atomic mass is 35.5. The molecule has 1 nitrogen and oxygen atoms in total. The van der Waals surface area contributed by atoms with E-state index in [0.717, 1.165) is 24.5 Å². The van der Waals surface area contributed by atoms with Gasteiger partial charge in [-0.15, -0.1) is 23.7 Å². The molecule has 0 bridgehead atoms. The van der Waals surface area contributed by atoms with Crippen molar-refractivity contribution in [1.82, 2.24) is 4.90 Å². The highest BCUT2D eigenvalue weighted by molar-refractivity contribution is 7.20. The minimum absolute atomic E-state index is 0. The molecule has 0 radical (unpaired) electrons. The van der Waals surface area contributed by atoms with Gasteiger partial charge in [0, 0.05) is 33.1 Å². The first-order valence-corrected chi connectivity index (χ1v) is 7.82. The molecule has 2 heterocycles. The maximum absolute atomic E-state index is 6.42. The minimum Gasteiger partial charge on any atom is -0.302 e. The van der Waals surface area contributed by atoms with E-state index in [1.54, 1.807) is 0 Å². The lowest BCUT2D eigenvalue weighted by molar-refractivity contribution is 0.337. The van der Waals surface area contributed by atoms with E-state index < -0.39 is 0 Å². The van der Waals surface area contributed by atoms with Crippen LogP contribution in [0.3, 0.4) is 0 Å². The van der Waals surface area contributed by atoms with Crippen molar-refractivity contribution in [2.75, 3.05) is 13.6 Å². The highest BCUT2D eigenvalue weighted by Crippen LogP contribution is 2.40. The molecule has 1 aromatic carbocycles. The van der Waals surface area contributed by atoms with Crippen LogP contribution >= 0.6 is 35.3 Å². The van der Waals surface area contributed by atoms with E-state index in [9.17, 15) is 0 Å². The minimum atomic E-state index is 0. The van der Waals surface area contributed by atoms with E-state index in [1.165, 1.54) is 31.7 Å². The number of hydrogen-bond donors (Lipinski definition) is 0. The van der Waals surface area contributed by atoms with Gasteiger partial charge in [0.2, 0.25) is 0 Å². The van der Waals surface area contributed by atoms with Gasteiger partial charge >= 0.3 is 0 Å². The van der Waals surface area contributed by atoms with Gasteiger partial charge in [-0.1, -0.05) is 17.2 Å². The summed E-state index contributed by atoms with van der Waals surface area (Å²) >= 11 is 8.30. The average Bonchev–Trinajstić information content (AvgIpc) is 2.55. The van der Waals surface area contributed by atoms with Crippen LogP contribution in [0.2, 0.25) is 5.02 Å². The van der Waals surface area contributed by atoms with Crippen LogP contribution in [0.1, 0.15) is 29.9 Å². The van der Waals surface area contributed by atoms with Crippen molar-refractivity contribution >= 4 is 51.5 Å². The van der Waals surface area contributed by atoms with E-state index in [0.29, 0.717) is 0 Å². The zero-order valence-electron chi connectivity index (χ0n) is 12.0. The van der Waals surface area contributed by atoms with E-state index in [-0.39, 0.29) is 12.4 Å². The van der Waals surface area contributed by atoms with Crippen molar-refractivity contribution in [1.29, 1.82) is 0 Å². The molecular weight excluding hydrogens is 309 g/mol. The van der Waals surface area contributed by atoms with Gasteiger partial charge in [0.05, 0.1) is 0 Å². The monoisotopic (exact) mass is 327 g/mol. The van der Waals surface area contributed by atoms with E-state index in [1.807, 2.05) is 11.3 Å². The fourth-order valence-electron chi connectivity index (χ4n) is 2.75. The maximum Gasteiger partial charge on any atom is 0.0445 e. The first kappa shape index (κ1) is 15.8. The summed E-state index contributed by atoms with van der Waals surface area (Å²) in [6.07, 6.45) is 3.35. The number of nitrogens with zero attached hydrogens (tertiary/aromatic N) is 1. The Bertz CT molecular complexity index is 669. The molecule has 3 rings (SSSR count). The van der Waals surface area contributed by atoms with Crippen LogP contribution in [0.15, 0.2) is 17.7 Å². The van der Waals surface area contributed by atoms with Gasteiger partial charge in [0.1, 0.15) is 0 Å². The summed E-state index contributed by atoms with van der Waals surface area (Å²) in [7, 11) is 2.19. The molecule has 4 heteroatoms. The summed E-state index contributed by atoms with van der Waals surface area (Å²) in [5.41, 5.74) is 4.14. The van der Waals surface area contributed by atoms with Gasteiger partial charge < -0.3 is 4.90 Å². The second-order valence-corrected chi connectivity index (χ2v) is 7.04. The first-order chi connectivity index (χ1) is 9.06. The molecule has 2 aromatic rings. The van der Waals surface area contributed by atoms with Crippen LogP contribution in [0, 0.1) is 0 Å². The topological polar surface area (TPSA) is 3.24 Å². The van der Waals surface area contributed by atoms with Crippen molar-refractivity contribution in [2.45, 2.75) is 26.8 Å². The van der Waals surface area contributed by atoms with Gasteiger partial charge in [0.15, 0.2) is 0 Å². The Labute approximate surface area is 135 Å². The predicted octanol–water partition coefficient (Wildman–Crippen LogP) is 5.39. The largest absolute Gasteiger partial charge is 0.302 e. The molecule has 0 aliphatic carbocycles. The molecule has 0 fully saturated rings. The van der Waals surface area contributed by atoms with Crippen LogP contribution in [0.4, 0.5) is 0 Å². The molecule has 20 heavy (non-hydrogen) atoms. The van der Waals surface area contributed by atoms with E-state index in [4.69, 9.17) is 11.6 Å². The van der Waals surface area contributed by atoms with Crippen molar-refractivity contribution < 1.29 is 0 Å². The van der Waals surface area contributed by atoms with Gasteiger partial charge in [-0.2, -0.15) is 0 Å². The number of likely N-dealkylation sites (N-methyl/N-ethyl adjacent to an activating group) is 1. The van der Waals surface area contributed by atoms with Crippen molar-refractivity contribution in [3.05, 3.63) is 38.7 Å². The van der Waals surface area contributed by atoms with Crippen LogP contribution in [-0.2, 0) is 13.0 Å². The lowest BCUT2D eigenvalue weighted by atomic mass is 10.0. The molecule has 0 saturated heterocycles. The molecule has 0 amide bonds. The van der Waals surface area contributed by atoms with Gasteiger partial charge in [-0.3, -0.25) is 0 Å². The Morgan fingerprint density at radius 2 is 2.05 bits per heavy atom.